The summed E-state index contributed by atoms with van der Waals surface area (Å²) in [6.45, 7) is -0.811. The van der Waals surface area contributed by atoms with Gasteiger partial charge in [0.05, 0.1) is 5.75 Å². The molecule has 0 unspecified atom stereocenters. The van der Waals surface area contributed by atoms with E-state index in [0.717, 1.165) is 0 Å². The number of anilines is 1. The van der Waals surface area contributed by atoms with Gasteiger partial charge in [-0.1, -0.05) is 6.92 Å². The lowest BCUT2D eigenvalue weighted by atomic mass is 10.2. The van der Waals surface area contributed by atoms with Crippen LogP contribution in [-0.2, 0) is 14.8 Å². The number of carbonyl (C=O) groups excluding carboxylic acids is 1. The maximum absolute atomic E-state index is 12.4. The van der Waals surface area contributed by atoms with Crippen molar-refractivity contribution in [1.82, 2.24) is 4.31 Å². The molecule has 1 saturated heterocycles. The van der Waals surface area contributed by atoms with Gasteiger partial charge in [0, 0.05) is 12.2 Å². The van der Waals surface area contributed by atoms with Gasteiger partial charge in [0.2, 0.25) is 15.9 Å². The molecule has 0 spiro atoms. The molecule has 1 aliphatic heterocycles. The molecule has 1 amide bonds. The molecule has 1 aromatic rings. The predicted molar refractivity (Wildman–Crippen MR) is 85.5 cm³/mol. The van der Waals surface area contributed by atoms with Gasteiger partial charge in [0.1, 0.15) is 11.8 Å². The molecule has 0 saturated carbocycles. The zero-order valence-electron chi connectivity index (χ0n) is 13.2. The highest BCUT2D eigenvalue weighted by Crippen LogP contribution is 2.24. The maximum Gasteiger partial charge on any atom is 0.387 e. The number of carbonyl (C=O) groups is 1. The summed E-state index contributed by atoms with van der Waals surface area (Å²) < 4.78 is 54.1. The summed E-state index contributed by atoms with van der Waals surface area (Å²) in [5.41, 5.74) is 0.390. The third kappa shape index (κ3) is 4.64. The van der Waals surface area contributed by atoms with Crippen LogP contribution in [-0.4, -0.2) is 43.6 Å². The Balaban J connectivity index is 2.03. The molecule has 1 N–H and O–H groups in total. The largest absolute Gasteiger partial charge is 0.435 e. The van der Waals surface area contributed by atoms with Crippen molar-refractivity contribution < 1.29 is 26.7 Å². The van der Waals surface area contributed by atoms with Crippen molar-refractivity contribution in [2.45, 2.75) is 38.8 Å². The van der Waals surface area contributed by atoms with Gasteiger partial charge in [-0.05, 0) is 43.5 Å². The first kappa shape index (κ1) is 18.6. The number of ether oxygens (including phenoxy) is 1. The van der Waals surface area contributed by atoms with E-state index in [1.54, 1.807) is 6.92 Å². The summed E-state index contributed by atoms with van der Waals surface area (Å²) >= 11 is 0. The van der Waals surface area contributed by atoms with Gasteiger partial charge in [-0.2, -0.15) is 13.1 Å². The van der Waals surface area contributed by atoms with Gasteiger partial charge in [-0.3, -0.25) is 4.79 Å². The summed E-state index contributed by atoms with van der Waals surface area (Å²) in [5, 5.41) is 2.62. The first-order valence-electron chi connectivity index (χ1n) is 7.68. The average Bonchev–Trinajstić information content (AvgIpc) is 2.99. The fraction of sp³-hybridized carbons (Fsp3) is 0.533. The number of hydrogen-bond donors (Lipinski definition) is 1. The molecule has 24 heavy (non-hydrogen) atoms. The van der Waals surface area contributed by atoms with Crippen molar-refractivity contribution in [2.75, 3.05) is 17.6 Å². The van der Waals surface area contributed by atoms with Crippen LogP contribution in [0.3, 0.4) is 0 Å². The Kier molecular flexibility index (Phi) is 6.11. The van der Waals surface area contributed by atoms with Gasteiger partial charge in [-0.25, -0.2) is 8.42 Å². The molecule has 6 nitrogen and oxygen atoms in total. The van der Waals surface area contributed by atoms with Gasteiger partial charge in [0.25, 0.3) is 0 Å². The fourth-order valence-electron chi connectivity index (χ4n) is 2.66. The van der Waals surface area contributed by atoms with Crippen LogP contribution in [0.15, 0.2) is 24.3 Å². The van der Waals surface area contributed by atoms with Crippen LogP contribution < -0.4 is 10.1 Å². The monoisotopic (exact) mass is 362 g/mol. The van der Waals surface area contributed by atoms with E-state index in [2.05, 4.69) is 10.1 Å². The van der Waals surface area contributed by atoms with Gasteiger partial charge in [-0.15, -0.1) is 0 Å². The Bertz CT molecular complexity index is 665. The molecule has 1 fully saturated rings. The summed E-state index contributed by atoms with van der Waals surface area (Å²) in [6, 6.07) is 4.73. The molecule has 0 aliphatic carbocycles. The molecule has 1 heterocycles. The molecular formula is C15H20F2N2O4S. The molecular weight excluding hydrogens is 342 g/mol. The zero-order chi connectivity index (χ0) is 17.7. The van der Waals surface area contributed by atoms with E-state index in [0.29, 0.717) is 31.5 Å². The van der Waals surface area contributed by atoms with Crippen LogP contribution in [0.1, 0.15) is 26.2 Å². The first-order chi connectivity index (χ1) is 11.3. The topological polar surface area (TPSA) is 75.7 Å². The third-order valence-electron chi connectivity index (χ3n) is 3.67. The zero-order valence-corrected chi connectivity index (χ0v) is 14.1. The molecule has 0 aromatic heterocycles. The Morgan fingerprint density at radius 3 is 2.62 bits per heavy atom. The second kappa shape index (κ2) is 7.89. The Hall–Kier alpha value is -1.74. The lowest BCUT2D eigenvalue weighted by molar-refractivity contribution is -0.119. The molecule has 0 bridgehead atoms. The maximum atomic E-state index is 12.4. The van der Waals surface area contributed by atoms with E-state index in [1.807, 2.05) is 0 Å². The quantitative estimate of drug-likeness (QED) is 0.808. The molecule has 2 rings (SSSR count). The summed E-state index contributed by atoms with van der Waals surface area (Å²) in [5.74, 6) is -0.429. The van der Waals surface area contributed by atoms with Gasteiger partial charge >= 0.3 is 6.61 Å². The molecule has 134 valence electrons. The number of rotatable bonds is 7. The third-order valence-corrected chi connectivity index (χ3v) is 5.75. The van der Waals surface area contributed by atoms with Gasteiger partial charge in [0.15, 0.2) is 0 Å². The Morgan fingerprint density at radius 1 is 1.38 bits per heavy atom. The summed E-state index contributed by atoms with van der Waals surface area (Å²) in [6.07, 6.45) is 1.57. The smallest absolute Gasteiger partial charge is 0.387 e. The van der Waals surface area contributed by atoms with Crippen LogP contribution >= 0.6 is 0 Å². The second-order valence-corrected chi connectivity index (χ2v) is 7.52. The molecule has 9 heteroatoms. The van der Waals surface area contributed by atoms with E-state index >= 15 is 0 Å². The lowest BCUT2D eigenvalue weighted by Gasteiger charge is -2.23. The van der Waals surface area contributed by atoms with E-state index in [-0.39, 0.29) is 11.5 Å². The number of alkyl halides is 2. The summed E-state index contributed by atoms with van der Waals surface area (Å²) in [4.78, 5) is 12.4. The fourth-order valence-corrected chi connectivity index (χ4v) is 4.40. The first-order valence-corrected chi connectivity index (χ1v) is 9.29. The highest BCUT2D eigenvalue weighted by atomic mass is 32.2. The van der Waals surface area contributed by atoms with Crippen molar-refractivity contribution in [2.24, 2.45) is 0 Å². The number of nitrogens with zero attached hydrogens (tertiary/aromatic N) is 1. The number of benzene rings is 1. The minimum absolute atomic E-state index is 0.0104. The number of nitrogens with one attached hydrogen (secondary N) is 1. The normalized spacial score (nSPS) is 18.8. The van der Waals surface area contributed by atoms with E-state index in [9.17, 15) is 22.0 Å². The minimum Gasteiger partial charge on any atom is -0.435 e. The average molecular weight is 362 g/mol. The SMILES string of the molecule is CCCS(=O)(=O)N1CCC[C@@H]1C(=O)Nc1ccc(OC(F)F)cc1. The highest BCUT2D eigenvalue weighted by Gasteiger charge is 2.38. The Morgan fingerprint density at radius 2 is 2.04 bits per heavy atom. The van der Waals surface area contributed by atoms with Crippen molar-refractivity contribution in [3.63, 3.8) is 0 Å². The van der Waals surface area contributed by atoms with Crippen LogP contribution in [0.2, 0.25) is 0 Å². The lowest BCUT2D eigenvalue weighted by Crippen LogP contribution is -2.44. The molecule has 0 radical (unpaired) electrons. The van der Waals surface area contributed by atoms with E-state index < -0.39 is 28.6 Å². The number of hydrogen-bond acceptors (Lipinski definition) is 4. The van der Waals surface area contributed by atoms with E-state index in [4.69, 9.17) is 0 Å². The number of sulfonamides is 1. The number of halogens is 2. The standard InChI is InChI=1S/C15H20F2N2O4S/c1-2-10-24(21,22)19-9-3-4-13(19)14(20)18-11-5-7-12(8-6-11)23-15(16)17/h5-8,13,15H,2-4,9-10H2,1H3,(H,18,20)/t13-/m1/s1. The van der Waals surface area contributed by atoms with Crippen LogP contribution in [0.5, 0.6) is 5.75 Å². The Labute approximate surface area is 139 Å². The van der Waals surface area contributed by atoms with Crippen molar-refractivity contribution in [3.05, 3.63) is 24.3 Å². The van der Waals surface area contributed by atoms with Crippen LogP contribution in [0.25, 0.3) is 0 Å². The molecule has 1 aromatic carbocycles. The van der Waals surface area contributed by atoms with Crippen molar-refractivity contribution in [1.29, 1.82) is 0 Å². The molecule has 1 atom stereocenters. The van der Waals surface area contributed by atoms with Gasteiger partial charge < -0.3 is 10.1 Å². The highest BCUT2D eigenvalue weighted by molar-refractivity contribution is 7.89. The molecule has 1 aliphatic rings. The minimum atomic E-state index is -3.45. The van der Waals surface area contributed by atoms with Crippen molar-refractivity contribution in [3.8, 4) is 5.75 Å². The second-order valence-electron chi connectivity index (χ2n) is 5.48. The van der Waals surface area contributed by atoms with E-state index in [1.165, 1.54) is 28.6 Å². The van der Waals surface area contributed by atoms with Crippen LogP contribution in [0.4, 0.5) is 14.5 Å². The summed E-state index contributed by atoms with van der Waals surface area (Å²) in [7, 11) is -3.45. The number of amides is 1. The predicted octanol–water partition coefficient (Wildman–Crippen LogP) is 2.43. The van der Waals surface area contributed by atoms with Crippen molar-refractivity contribution >= 4 is 21.6 Å². The van der Waals surface area contributed by atoms with Crippen LogP contribution in [0, 0.1) is 0 Å².